The fraction of sp³-hybridized carbons (Fsp3) is 0.357. The van der Waals surface area contributed by atoms with Crippen LogP contribution in [0.3, 0.4) is 0 Å². The van der Waals surface area contributed by atoms with Crippen LogP contribution in [0.4, 0.5) is 0 Å². The molecule has 6 rings (SSSR count). The molecule has 40 heavy (non-hydrogen) atoms. The Labute approximate surface area is 230 Å². The van der Waals surface area contributed by atoms with E-state index in [0.717, 1.165) is 73.9 Å². The molecule has 12 nitrogen and oxygen atoms in total. The molecule has 4 heterocycles. The second-order valence-corrected chi connectivity index (χ2v) is 9.40. The number of benzene rings is 2. The zero-order valence-corrected chi connectivity index (χ0v) is 21.8. The van der Waals surface area contributed by atoms with Crippen molar-refractivity contribution in [2.75, 3.05) is 26.2 Å². The Morgan fingerprint density at radius 1 is 0.550 bits per heavy atom. The van der Waals surface area contributed by atoms with Crippen LogP contribution in [0.5, 0.6) is 0 Å². The minimum Gasteiger partial charge on any atom is -0.479 e. The monoisotopic (exact) mass is 548 g/mol. The molecule has 2 aliphatic rings. The Kier molecular flexibility index (Phi) is 9.97. The van der Waals surface area contributed by atoms with Gasteiger partial charge in [0, 0.05) is 24.8 Å². The number of rotatable bonds is 3. The van der Waals surface area contributed by atoms with Crippen molar-refractivity contribution in [3.05, 3.63) is 71.3 Å². The third-order valence-corrected chi connectivity index (χ3v) is 6.67. The predicted octanol–water partition coefficient (Wildman–Crippen LogP) is 0.513. The number of aliphatic carboxylic acids is 2. The molecular weight excluding hydrogens is 516 g/mol. The number of hydrogen-bond donors (Lipinski definition) is 6. The summed E-state index contributed by atoms with van der Waals surface area (Å²) in [5, 5.41) is 39.3. The molecule has 2 unspecified atom stereocenters. The number of nitrogens with one attached hydrogen (secondary N) is 2. The molecule has 0 amide bonds. The first-order valence-corrected chi connectivity index (χ1v) is 13.0. The largest absolute Gasteiger partial charge is 0.479 e. The van der Waals surface area contributed by atoms with E-state index in [4.69, 9.17) is 20.4 Å². The van der Waals surface area contributed by atoms with Gasteiger partial charge in [0.15, 0.2) is 12.2 Å². The minimum absolute atomic E-state index is 1.01. The zero-order valence-electron chi connectivity index (χ0n) is 21.8. The molecular formula is C28H32N6O6. The quantitative estimate of drug-likeness (QED) is 0.208. The van der Waals surface area contributed by atoms with Crippen LogP contribution in [0.2, 0.25) is 0 Å². The summed E-state index contributed by atoms with van der Waals surface area (Å²) < 4.78 is 0. The Morgan fingerprint density at radius 2 is 0.800 bits per heavy atom. The molecule has 210 valence electrons. The van der Waals surface area contributed by atoms with Crippen LogP contribution in [0, 0.1) is 0 Å². The van der Waals surface area contributed by atoms with Crippen molar-refractivity contribution in [1.29, 1.82) is 0 Å². The first kappa shape index (κ1) is 28.9. The van der Waals surface area contributed by atoms with Gasteiger partial charge >= 0.3 is 11.9 Å². The van der Waals surface area contributed by atoms with Crippen LogP contribution in [0.25, 0.3) is 22.1 Å². The number of aliphatic hydroxyl groups is 2. The van der Waals surface area contributed by atoms with Crippen molar-refractivity contribution in [2.24, 2.45) is 0 Å². The van der Waals surface area contributed by atoms with E-state index in [0.29, 0.717) is 0 Å². The van der Waals surface area contributed by atoms with Gasteiger partial charge in [0.25, 0.3) is 0 Å². The van der Waals surface area contributed by atoms with E-state index in [9.17, 15) is 9.59 Å². The highest BCUT2D eigenvalue weighted by Crippen LogP contribution is 2.20. The summed E-state index contributed by atoms with van der Waals surface area (Å²) in [6.45, 7) is 4.27. The van der Waals surface area contributed by atoms with Crippen molar-refractivity contribution >= 4 is 34.0 Å². The highest BCUT2D eigenvalue weighted by atomic mass is 16.4. The smallest absolute Gasteiger partial charge is 0.335 e. The van der Waals surface area contributed by atoms with E-state index in [1.165, 1.54) is 22.3 Å². The summed E-state index contributed by atoms with van der Waals surface area (Å²) in [7, 11) is 0. The van der Waals surface area contributed by atoms with Gasteiger partial charge in [-0.2, -0.15) is 0 Å². The van der Waals surface area contributed by atoms with Crippen molar-refractivity contribution in [1.82, 2.24) is 30.6 Å². The van der Waals surface area contributed by atoms with Gasteiger partial charge in [-0.15, -0.1) is 0 Å². The first-order valence-electron chi connectivity index (χ1n) is 13.0. The molecule has 0 fully saturated rings. The highest BCUT2D eigenvalue weighted by molar-refractivity contribution is 5.83. The van der Waals surface area contributed by atoms with Crippen LogP contribution >= 0.6 is 0 Å². The molecule has 0 aliphatic carbocycles. The third kappa shape index (κ3) is 7.51. The summed E-state index contributed by atoms with van der Waals surface area (Å²) in [6, 6.07) is 8.74. The number of nitrogens with zero attached hydrogens (tertiary/aromatic N) is 4. The lowest BCUT2D eigenvalue weighted by Crippen LogP contribution is -2.39. The average Bonchev–Trinajstić information content (AvgIpc) is 3.34. The molecule has 0 spiro atoms. The van der Waals surface area contributed by atoms with Crippen molar-refractivity contribution in [2.45, 2.75) is 37.9 Å². The van der Waals surface area contributed by atoms with E-state index in [2.05, 4.69) is 54.8 Å². The van der Waals surface area contributed by atoms with Crippen LogP contribution in [-0.2, 0) is 35.3 Å². The number of aromatic nitrogens is 4. The molecule has 2 atom stereocenters. The van der Waals surface area contributed by atoms with Gasteiger partial charge in [-0.05, 0) is 98.4 Å². The van der Waals surface area contributed by atoms with Gasteiger partial charge in [-0.3, -0.25) is 19.9 Å². The molecule has 4 aromatic rings. The van der Waals surface area contributed by atoms with E-state index in [-0.39, 0.29) is 0 Å². The second-order valence-electron chi connectivity index (χ2n) is 9.40. The summed E-state index contributed by atoms with van der Waals surface area (Å²) in [4.78, 5) is 36.9. The van der Waals surface area contributed by atoms with Crippen molar-refractivity contribution < 1.29 is 30.0 Å². The van der Waals surface area contributed by atoms with Crippen LogP contribution in [-0.4, -0.2) is 90.7 Å². The Balaban J connectivity index is 0.000000143. The summed E-state index contributed by atoms with van der Waals surface area (Å²) in [6.07, 6.45) is 6.88. The normalized spacial score (nSPS) is 15.9. The maximum atomic E-state index is 9.77. The van der Waals surface area contributed by atoms with E-state index in [1.807, 2.05) is 0 Å². The molecule has 0 saturated carbocycles. The fourth-order valence-electron chi connectivity index (χ4n) is 4.54. The van der Waals surface area contributed by atoms with Crippen LogP contribution < -0.4 is 10.6 Å². The van der Waals surface area contributed by atoms with E-state index in [1.54, 1.807) is 24.8 Å². The van der Waals surface area contributed by atoms with Crippen LogP contribution in [0.15, 0.2) is 49.1 Å². The lowest BCUT2D eigenvalue weighted by molar-refractivity contribution is -0.165. The van der Waals surface area contributed by atoms with Gasteiger partial charge in [-0.25, -0.2) is 9.59 Å². The van der Waals surface area contributed by atoms with Gasteiger partial charge in [0.1, 0.15) is 0 Å². The minimum atomic E-state index is -2.27. The van der Waals surface area contributed by atoms with E-state index < -0.39 is 24.1 Å². The number of carboxylic acid groups (broad SMARTS) is 2. The van der Waals surface area contributed by atoms with E-state index >= 15 is 0 Å². The lowest BCUT2D eigenvalue weighted by atomic mass is 10.0. The molecule has 2 aliphatic heterocycles. The third-order valence-electron chi connectivity index (χ3n) is 6.67. The average molecular weight is 549 g/mol. The number of aliphatic hydroxyl groups excluding tert-OH is 2. The van der Waals surface area contributed by atoms with Crippen molar-refractivity contribution in [3.63, 3.8) is 0 Å². The fourth-order valence-corrected chi connectivity index (χ4v) is 4.54. The summed E-state index contributed by atoms with van der Waals surface area (Å²) in [5.74, 6) is -3.54. The molecule has 0 saturated heterocycles. The Hall–Kier alpha value is -4.10. The highest BCUT2D eigenvalue weighted by Gasteiger charge is 2.29. The molecule has 12 heteroatoms. The van der Waals surface area contributed by atoms with Crippen molar-refractivity contribution in [3.8, 4) is 0 Å². The van der Waals surface area contributed by atoms with Gasteiger partial charge in [0.2, 0.25) is 0 Å². The predicted molar refractivity (Wildman–Crippen MR) is 147 cm³/mol. The number of carboxylic acids is 2. The summed E-state index contributed by atoms with van der Waals surface area (Å²) in [5.41, 5.74) is 9.75. The topological polar surface area (TPSA) is 191 Å². The molecule has 2 aromatic heterocycles. The Morgan fingerprint density at radius 3 is 1.02 bits per heavy atom. The zero-order chi connectivity index (χ0) is 28.5. The molecule has 2 aromatic carbocycles. The molecule has 6 N–H and O–H groups in total. The standard InChI is InChI=1S/2C12H13N3.C4H6O6/c2*1-3-13-4-2-10-8-12-11(7-9(1)10)14-5-6-15-12;5-1(3(7)8)2(6)4(9)10/h2*5-8,13H,1-4H2;1-2,5-6H,(H,7,8)(H,9,10). The number of fused-ring (bicyclic) bond motifs is 4. The molecule has 0 radical (unpaired) electrons. The summed E-state index contributed by atoms with van der Waals surface area (Å²) >= 11 is 0. The van der Waals surface area contributed by atoms with Crippen LogP contribution in [0.1, 0.15) is 22.3 Å². The first-order chi connectivity index (χ1) is 19.3. The van der Waals surface area contributed by atoms with Gasteiger partial charge < -0.3 is 31.1 Å². The maximum absolute atomic E-state index is 9.77. The molecule has 0 bridgehead atoms. The number of hydrogen-bond acceptors (Lipinski definition) is 10. The lowest BCUT2D eigenvalue weighted by Gasteiger charge is -2.07. The van der Waals surface area contributed by atoms with Gasteiger partial charge in [-0.1, -0.05) is 0 Å². The maximum Gasteiger partial charge on any atom is 0.335 e. The van der Waals surface area contributed by atoms with Gasteiger partial charge in [0.05, 0.1) is 22.1 Å². The SMILES string of the molecule is O=C(O)C(O)C(O)C(=O)O.c1cnc2cc3c(cc2n1)CCNCC3.c1cnc2cc3c(cc2n1)CCNCC3. The second kappa shape index (κ2) is 13.8. The Bertz CT molecular complexity index is 1280. The number of carbonyl (C=O) groups is 2.